The minimum Gasteiger partial charge on any atom is -0.481 e. The number of hydrogen-bond acceptors (Lipinski definition) is 6. The Morgan fingerprint density at radius 1 is 1.06 bits per heavy atom. The average molecular weight is 542 g/mol. The molecule has 3 heterocycles. The second kappa shape index (κ2) is 11.7. The zero-order valence-corrected chi connectivity index (χ0v) is 22.1. The van der Waals surface area contributed by atoms with Crippen LogP contribution in [0.2, 0.25) is 0 Å². The van der Waals surface area contributed by atoms with Gasteiger partial charge >= 0.3 is 12.0 Å². The maximum Gasteiger partial charge on any atom is 0.316 e. The van der Waals surface area contributed by atoms with Gasteiger partial charge in [-0.15, -0.1) is 34.0 Å². The van der Waals surface area contributed by atoms with E-state index in [0.29, 0.717) is 19.5 Å². The number of carbonyl (C=O) groups excluding carboxylic acids is 2. The van der Waals surface area contributed by atoms with Crippen molar-refractivity contribution in [2.24, 2.45) is 0 Å². The first-order valence-electron chi connectivity index (χ1n) is 11.4. The third kappa shape index (κ3) is 6.51. The summed E-state index contributed by atoms with van der Waals surface area (Å²) >= 11 is 4.59. The van der Waals surface area contributed by atoms with E-state index < -0.39 is 23.6 Å². The van der Waals surface area contributed by atoms with Crippen molar-refractivity contribution in [1.82, 2.24) is 15.5 Å². The fourth-order valence-electron chi connectivity index (χ4n) is 4.02. The number of urea groups is 1. The quantitative estimate of drug-likeness (QED) is 0.317. The fourth-order valence-corrected chi connectivity index (χ4v) is 6.39. The Balaban J connectivity index is 1.57. The maximum absolute atomic E-state index is 14.1. The summed E-state index contributed by atoms with van der Waals surface area (Å²) in [7, 11) is 0. The van der Waals surface area contributed by atoms with Crippen LogP contribution in [0.25, 0.3) is 0 Å². The van der Waals surface area contributed by atoms with Gasteiger partial charge in [0.1, 0.15) is 5.54 Å². The molecule has 3 N–H and O–H groups in total. The molecule has 36 heavy (non-hydrogen) atoms. The maximum atomic E-state index is 14.1. The van der Waals surface area contributed by atoms with E-state index in [-0.39, 0.29) is 12.3 Å². The van der Waals surface area contributed by atoms with Crippen LogP contribution in [0.5, 0.6) is 0 Å². The summed E-state index contributed by atoms with van der Waals surface area (Å²) < 4.78 is 0. The Labute approximate surface area is 221 Å². The minimum absolute atomic E-state index is 0.221. The molecule has 0 saturated heterocycles. The van der Waals surface area contributed by atoms with Gasteiger partial charge in [-0.3, -0.25) is 9.59 Å². The molecule has 0 radical (unpaired) electrons. The highest BCUT2D eigenvalue weighted by molar-refractivity contribution is 7.12. The number of carboxylic acids is 1. The van der Waals surface area contributed by atoms with Crippen LogP contribution >= 0.6 is 34.0 Å². The van der Waals surface area contributed by atoms with Gasteiger partial charge in [0.25, 0.3) is 5.91 Å². The second-order valence-corrected chi connectivity index (χ2v) is 11.9. The molecule has 3 aromatic heterocycles. The fraction of sp³-hybridized carbons (Fsp3) is 0.269. The van der Waals surface area contributed by atoms with Gasteiger partial charge in [0, 0.05) is 25.9 Å². The first-order chi connectivity index (χ1) is 17.3. The summed E-state index contributed by atoms with van der Waals surface area (Å²) in [6.07, 6.45) is 7.20. The highest BCUT2D eigenvalue weighted by Gasteiger charge is 2.41. The topological polar surface area (TPSA) is 98.7 Å². The van der Waals surface area contributed by atoms with Gasteiger partial charge in [-0.25, -0.2) is 4.79 Å². The number of allylic oxidation sites excluding steroid dienone is 2. The molecule has 0 saturated carbocycles. The standard InChI is InChI=1S/C26H27N3O4S3/c1-18-9-10-22(36-18)21(15-23(30)31)27-25(33)28-26(11-3-2-4-12-26)24(32)29(16-19-7-5-13-34-19)17-20-8-6-14-35-20/h2-11,13-14,21H,12,15-17H2,1H3,(H,30,31)(H2,27,28,33)/t21?,26-/m1/s1. The predicted molar refractivity (Wildman–Crippen MR) is 144 cm³/mol. The lowest BCUT2D eigenvalue weighted by Gasteiger charge is -2.36. The molecule has 188 valence electrons. The highest BCUT2D eigenvalue weighted by Crippen LogP contribution is 2.28. The summed E-state index contributed by atoms with van der Waals surface area (Å²) in [5, 5.41) is 19.0. The van der Waals surface area contributed by atoms with Gasteiger partial charge in [-0.05, 0) is 48.0 Å². The smallest absolute Gasteiger partial charge is 0.316 e. The van der Waals surface area contributed by atoms with E-state index in [9.17, 15) is 19.5 Å². The molecule has 1 aliphatic carbocycles. The highest BCUT2D eigenvalue weighted by atomic mass is 32.1. The zero-order chi connectivity index (χ0) is 25.5. The van der Waals surface area contributed by atoms with Crippen molar-refractivity contribution in [1.29, 1.82) is 0 Å². The first kappa shape index (κ1) is 25.9. The van der Waals surface area contributed by atoms with Crippen LogP contribution in [-0.2, 0) is 22.7 Å². The molecule has 3 aromatic rings. The number of rotatable bonds is 10. The molecule has 4 rings (SSSR count). The van der Waals surface area contributed by atoms with Gasteiger partial charge in [0.15, 0.2) is 0 Å². The summed E-state index contributed by atoms with van der Waals surface area (Å²) in [4.78, 5) is 44.4. The van der Waals surface area contributed by atoms with Crippen molar-refractivity contribution in [2.75, 3.05) is 0 Å². The monoisotopic (exact) mass is 541 g/mol. The van der Waals surface area contributed by atoms with Crippen molar-refractivity contribution in [2.45, 2.75) is 44.4 Å². The molecule has 0 aromatic carbocycles. The van der Waals surface area contributed by atoms with Crippen LogP contribution in [0.3, 0.4) is 0 Å². The number of carbonyl (C=O) groups is 3. The van der Waals surface area contributed by atoms with E-state index in [1.54, 1.807) is 39.7 Å². The van der Waals surface area contributed by atoms with E-state index in [2.05, 4.69) is 10.6 Å². The Hall–Kier alpha value is -3.21. The van der Waals surface area contributed by atoms with Crippen molar-refractivity contribution in [3.8, 4) is 0 Å². The Morgan fingerprint density at radius 3 is 2.25 bits per heavy atom. The molecule has 7 nitrogen and oxygen atoms in total. The Bertz CT molecular complexity index is 1210. The molecule has 0 fully saturated rings. The molecule has 1 aliphatic rings. The zero-order valence-electron chi connectivity index (χ0n) is 19.7. The van der Waals surface area contributed by atoms with Crippen molar-refractivity contribution >= 4 is 51.9 Å². The van der Waals surface area contributed by atoms with Crippen LogP contribution in [0, 0.1) is 6.92 Å². The molecule has 10 heteroatoms. The van der Waals surface area contributed by atoms with Gasteiger partial charge in [-0.1, -0.05) is 30.4 Å². The van der Waals surface area contributed by atoms with Gasteiger partial charge in [-0.2, -0.15) is 0 Å². The van der Waals surface area contributed by atoms with E-state index in [1.807, 2.05) is 66.2 Å². The van der Waals surface area contributed by atoms with Crippen molar-refractivity contribution in [3.05, 3.63) is 91.0 Å². The lowest BCUT2D eigenvalue weighted by molar-refractivity contribution is -0.138. The van der Waals surface area contributed by atoms with Gasteiger partial charge in [0.2, 0.25) is 0 Å². The van der Waals surface area contributed by atoms with Crippen LogP contribution in [-0.4, -0.2) is 33.5 Å². The number of thiophene rings is 3. The summed E-state index contributed by atoms with van der Waals surface area (Å²) in [6.45, 7) is 2.77. The number of nitrogens with one attached hydrogen (secondary N) is 2. The van der Waals surface area contributed by atoms with E-state index >= 15 is 0 Å². The van der Waals surface area contributed by atoms with Crippen LogP contribution in [0.4, 0.5) is 4.79 Å². The molecule has 0 bridgehead atoms. The van der Waals surface area contributed by atoms with E-state index in [0.717, 1.165) is 19.5 Å². The number of hydrogen-bond donors (Lipinski definition) is 3. The van der Waals surface area contributed by atoms with Gasteiger partial charge < -0.3 is 20.6 Å². The Morgan fingerprint density at radius 2 is 1.75 bits per heavy atom. The lowest BCUT2D eigenvalue weighted by Crippen LogP contribution is -2.60. The van der Waals surface area contributed by atoms with Crippen LogP contribution in [0.1, 0.15) is 38.4 Å². The largest absolute Gasteiger partial charge is 0.481 e. The summed E-state index contributed by atoms with van der Waals surface area (Å²) in [6, 6.07) is 10.3. The molecule has 2 atom stereocenters. The third-order valence-electron chi connectivity index (χ3n) is 5.72. The molecule has 1 unspecified atom stereocenters. The van der Waals surface area contributed by atoms with Crippen LogP contribution in [0.15, 0.2) is 71.5 Å². The van der Waals surface area contributed by atoms with E-state index in [4.69, 9.17) is 0 Å². The molecule has 3 amide bonds. The molecular weight excluding hydrogens is 515 g/mol. The summed E-state index contributed by atoms with van der Waals surface area (Å²) in [5.74, 6) is -1.24. The number of nitrogens with zero attached hydrogens (tertiary/aromatic N) is 1. The van der Waals surface area contributed by atoms with Crippen molar-refractivity contribution in [3.63, 3.8) is 0 Å². The number of aryl methyl sites for hydroxylation is 1. The third-order valence-corrected chi connectivity index (χ3v) is 8.55. The summed E-state index contributed by atoms with van der Waals surface area (Å²) in [5.41, 5.74) is -1.29. The van der Waals surface area contributed by atoms with Crippen molar-refractivity contribution < 1.29 is 19.5 Å². The second-order valence-electron chi connectivity index (χ2n) is 8.48. The first-order valence-corrected chi connectivity index (χ1v) is 14.0. The molecule has 0 aliphatic heterocycles. The Kier molecular flexibility index (Phi) is 8.40. The van der Waals surface area contributed by atoms with Crippen LogP contribution < -0.4 is 10.6 Å². The predicted octanol–water partition coefficient (Wildman–Crippen LogP) is 5.48. The molecular formula is C26H27N3O4S3. The number of carboxylic acid groups (broad SMARTS) is 1. The van der Waals surface area contributed by atoms with Gasteiger partial charge in [0.05, 0.1) is 25.6 Å². The van der Waals surface area contributed by atoms with E-state index in [1.165, 1.54) is 11.3 Å². The average Bonchev–Trinajstić information content (AvgIpc) is 3.62. The lowest BCUT2D eigenvalue weighted by atomic mass is 9.89. The number of amides is 3. The normalized spacial score (nSPS) is 17.5. The SMILES string of the molecule is Cc1ccc(C(CC(=O)O)NC(=O)N[C@]2(C(=O)N(Cc3cccs3)Cc3cccs3)C=CC=CC2)s1. The molecule has 0 spiro atoms. The minimum atomic E-state index is -1.29. The number of aliphatic carboxylic acids is 1.